The summed E-state index contributed by atoms with van der Waals surface area (Å²) in [5.74, 6) is 0.844. The van der Waals surface area contributed by atoms with Crippen LogP contribution in [0.3, 0.4) is 0 Å². The Hall–Kier alpha value is -1.80. The number of nitrogens with one attached hydrogen (secondary N) is 1. The van der Waals surface area contributed by atoms with Crippen LogP contribution >= 0.6 is 0 Å². The van der Waals surface area contributed by atoms with Gasteiger partial charge in [0.15, 0.2) is 0 Å². The van der Waals surface area contributed by atoms with Crippen LogP contribution in [-0.4, -0.2) is 13.1 Å². The first-order valence-electron chi connectivity index (χ1n) is 7.46. The molecule has 0 aliphatic heterocycles. The van der Waals surface area contributed by atoms with Crippen molar-refractivity contribution in [3.8, 4) is 5.75 Å². The van der Waals surface area contributed by atoms with Crippen molar-refractivity contribution in [2.24, 2.45) is 0 Å². The van der Waals surface area contributed by atoms with Gasteiger partial charge in [-0.3, -0.25) is 0 Å². The van der Waals surface area contributed by atoms with Gasteiger partial charge >= 0.3 is 0 Å². The first-order valence-corrected chi connectivity index (χ1v) is 6.96. The van der Waals surface area contributed by atoms with Crippen LogP contribution in [0.25, 0.3) is 0 Å². The van der Waals surface area contributed by atoms with Crippen LogP contribution < -0.4 is 10.1 Å². The van der Waals surface area contributed by atoms with Gasteiger partial charge in [0.1, 0.15) is 5.75 Å². The van der Waals surface area contributed by atoms with E-state index in [4.69, 9.17) is 6.11 Å². The summed E-state index contributed by atoms with van der Waals surface area (Å²) in [5.41, 5.74) is 2.33. The van der Waals surface area contributed by atoms with Crippen molar-refractivity contribution < 1.29 is 6.11 Å². The van der Waals surface area contributed by atoms with Crippen molar-refractivity contribution in [1.82, 2.24) is 5.32 Å². The van der Waals surface area contributed by atoms with E-state index in [9.17, 15) is 0 Å². The third-order valence-corrected chi connectivity index (χ3v) is 3.39. The molecule has 0 bridgehead atoms. The molecule has 0 heterocycles. The molecule has 0 aromatic heterocycles. The zero-order valence-corrected chi connectivity index (χ0v) is 12.4. The van der Waals surface area contributed by atoms with E-state index in [1.165, 1.54) is 5.56 Å². The number of ether oxygens (including phenoxy) is 1. The molecular weight excluding hydrogens is 246 g/mol. The third kappa shape index (κ3) is 4.10. The molecule has 0 aliphatic carbocycles. The molecule has 2 aromatic rings. The number of hydrogen-bond acceptors (Lipinski definition) is 2. The van der Waals surface area contributed by atoms with Gasteiger partial charge in [-0.25, -0.2) is 0 Å². The van der Waals surface area contributed by atoms with Crippen molar-refractivity contribution in [1.29, 1.82) is 0 Å². The molecule has 2 heteroatoms. The lowest BCUT2D eigenvalue weighted by Gasteiger charge is -2.20. The van der Waals surface area contributed by atoms with Crippen LogP contribution in [-0.2, 0) is 6.42 Å². The van der Waals surface area contributed by atoms with E-state index in [0.29, 0.717) is 6.42 Å². The highest BCUT2D eigenvalue weighted by molar-refractivity contribution is 5.27. The smallest absolute Gasteiger partial charge is 0.118 e. The first-order chi connectivity index (χ1) is 10.00. The van der Waals surface area contributed by atoms with E-state index >= 15 is 0 Å². The molecular formula is C18H23NO. The quantitative estimate of drug-likeness (QED) is 0.857. The van der Waals surface area contributed by atoms with Crippen molar-refractivity contribution in [2.45, 2.75) is 32.3 Å². The fourth-order valence-corrected chi connectivity index (χ4v) is 2.30. The van der Waals surface area contributed by atoms with Crippen LogP contribution in [0.15, 0.2) is 54.6 Å². The second kappa shape index (κ2) is 7.11. The zero-order chi connectivity index (χ0) is 15.3. The molecule has 20 heavy (non-hydrogen) atoms. The number of rotatable bonds is 6. The van der Waals surface area contributed by atoms with Crippen LogP contribution in [0.4, 0.5) is 0 Å². The highest BCUT2D eigenvalue weighted by Gasteiger charge is 2.09. The lowest BCUT2D eigenvalue weighted by atomic mass is 10.0. The monoisotopic (exact) mass is 270 g/mol. The van der Waals surface area contributed by atoms with Gasteiger partial charge in [-0.05, 0) is 43.5 Å². The van der Waals surface area contributed by atoms with Gasteiger partial charge in [0.25, 0.3) is 0 Å². The molecule has 0 aliphatic rings. The Morgan fingerprint density at radius 1 is 1.05 bits per heavy atom. The van der Waals surface area contributed by atoms with E-state index < -0.39 is 6.02 Å². The number of methoxy groups -OCH3 is 1. The molecule has 0 radical (unpaired) electrons. The summed E-state index contributed by atoms with van der Waals surface area (Å²) in [4.78, 5) is 0. The van der Waals surface area contributed by atoms with Gasteiger partial charge in [0.05, 0.1) is 7.11 Å². The summed E-state index contributed by atoms with van der Waals surface area (Å²) in [7, 11) is 1.66. The van der Waals surface area contributed by atoms with E-state index in [1.54, 1.807) is 7.11 Å². The molecule has 106 valence electrons. The molecule has 0 spiro atoms. The van der Waals surface area contributed by atoms with Crippen molar-refractivity contribution in [3.05, 3.63) is 65.7 Å². The Balaban J connectivity index is 2.00. The van der Waals surface area contributed by atoms with Gasteiger partial charge in [-0.15, -0.1) is 0 Å². The van der Waals surface area contributed by atoms with Crippen LogP contribution in [0.1, 0.15) is 32.4 Å². The maximum atomic E-state index is 8.50. The Kier molecular flexibility index (Phi) is 4.69. The van der Waals surface area contributed by atoms with Gasteiger partial charge in [-0.1, -0.05) is 42.5 Å². The van der Waals surface area contributed by atoms with Crippen molar-refractivity contribution in [3.63, 3.8) is 0 Å². The molecule has 2 aromatic carbocycles. The minimum Gasteiger partial charge on any atom is -0.497 e. The summed E-state index contributed by atoms with van der Waals surface area (Å²) in [6, 6.07) is 17.6. The van der Waals surface area contributed by atoms with Gasteiger partial charge in [0, 0.05) is 13.4 Å². The topological polar surface area (TPSA) is 21.3 Å². The number of hydrogen-bond donors (Lipinski definition) is 1. The summed E-state index contributed by atoms with van der Waals surface area (Å²) < 4.78 is 13.7. The fourth-order valence-electron chi connectivity index (χ4n) is 2.30. The summed E-state index contributed by atoms with van der Waals surface area (Å²) in [6.45, 7) is 4.01. The largest absolute Gasteiger partial charge is 0.497 e. The highest BCUT2D eigenvalue weighted by atomic mass is 16.5. The molecule has 0 saturated heterocycles. The zero-order valence-electron chi connectivity index (χ0n) is 13.4. The van der Waals surface area contributed by atoms with Crippen LogP contribution in [0.5, 0.6) is 5.75 Å². The van der Waals surface area contributed by atoms with E-state index in [1.807, 2.05) is 49.4 Å². The molecule has 2 nitrogen and oxygen atoms in total. The van der Waals surface area contributed by atoms with Crippen LogP contribution in [0, 0.1) is 0 Å². The van der Waals surface area contributed by atoms with Gasteiger partial charge in [-0.2, -0.15) is 0 Å². The van der Waals surface area contributed by atoms with Gasteiger partial charge in [0.2, 0.25) is 0 Å². The molecule has 2 rings (SSSR count). The van der Waals surface area contributed by atoms with Gasteiger partial charge < -0.3 is 10.1 Å². The fraction of sp³-hybridized carbons (Fsp3) is 0.333. The Morgan fingerprint density at radius 3 is 2.30 bits per heavy atom. The minimum atomic E-state index is -0.718. The van der Waals surface area contributed by atoms with E-state index in [0.717, 1.165) is 11.3 Å². The van der Waals surface area contributed by atoms with Crippen LogP contribution in [0.2, 0.25) is 0 Å². The van der Waals surface area contributed by atoms with E-state index in [2.05, 4.69) is 24.4 Å². The van der Waals surface area contributed by atoms with Crippen molar-refractivity contribution in [2.75, 3.05) is 7.11 Å². The molecule has 0 amide bonds. The summed E-state index contributed by atoms with van der Waals surface area (Å²) in [5, 5.41) is 3.39. The predicted octanol–water partition coefficient (Wildman–Crippen LogP) is 3.98. The average Bonchev–Trinajstić information content (AvgIpc) is 2.48. The highest BCUT2D eigenvalue weighted by Crippen LogP contribution is 2.15. The second-order valence-corrected chi connectivity index (χ2v) is 5.08. The maximum absolute atomic E-state index is 8.50. The lowest BCUT2D eigenvalue weighted by molar-refractivity contribution is 0.414. The first kappa shape index (κ1) is 13.2. The maximum Gasteiger partial charge on any atom is 0.118 e. The molecule has 0 fully saturated rings. The minimum absolute atomic E-state index is 0.145. The number of benzene rings is 2. The molecule has 0 saturated carbocycles. The molecule has 2 atom stereocenters. The second-order valence-electron chi connectivity index (χ2n) is 5.08. The Morgan fingerprint density at radius 2 is 1.70 bits per heavy atom. The predicted molar refractivity (Wildman–Crippen MR) is 84.2 cm³/mol. The third-order valence-electron chi connectivity index (χ3n) is 3.39. The molecule has 1 N–H and O–H groups in total. The normalized spacial score (nSPS) is 16.1. The summed E-state index contributed by atoms with van der Waals surface area (Å²) >= 11 is 0. The van der Waals surface area contributed by atoms with Crippen molar-refractivity contribution >= 4 is 0 Å². The van der Waals surface area contributed by atoms with E-state index in [-0.39, 0.29) is 6.04 Å². The Bertz CT molecular complexity index is 551. The Labute approximate surface area is 123 Å². The standard InChI is InChI=1S/C18H23NO/c1-14(13-16-9-11-18(20-3)12-10-16)19-15(2)17-7-5-4-6-8-17/h4-12,14-15,19H,13H2,1-3H3/t14-,15-/m1/s1/i14D. The average molecular weight is 270 g/mol. The summed E-state index contributed by atoms with van der Waals surface area (Å²) in [6.07, 6.45) is 0.647. The molecule has 0 unspecified atom stereocenters. The SMILES string of the molecule is [2H][C@@](C)(Cc1ccc(OC)cc1)N[C@H](C)c1ccccc1. The lowest BCUT2D eigenvalue weighted by Crippen LogP contribution is -2.30.